The van der Waals surface area contributed by atoms with Gasteiger partial charge < -0.3 is 0 Å². The fourth-order valence-electron chi connectivity index (χ4n) is 0.728. The molecule has 0 atom stereocenters. The molecule has 0 bridgehead atoms. The molecule has 1 heteroatoms. The first-order valence-electron chi connectivity index (χ1n) is 3.80. The lowest BCUT2D eigenvalue weighted by molar-refractivity contribution is 1.18. The van der Waals surface area contributed by atoms with Gasteiger partial charge in [-0.2, -0.15) is 0 Å². The fourth-order valence-corrected chi connectivity index (χ4v) is 0.728. The monoisotopic (exact) mass is 151 g/mol. The van der Waals surface area contributed by atoms with Crippen molar-refractivity contribution in [1.82, 2.24) is 0 Å². The van der Waals surface area contributed by atoms with Crippen LogP contribution in [-0.2, 0) is 0 Å². The molecule has 0 saturated carbocycles. The molecule has 0 rings (SSSR count). The van der Waals surface area contributed by atoms with E-state index in [1.807, 2.05) is 34.6 Å². The van der Waals surface area contributed by atoms with Crippen molar-refractivity contribution in [3.05, 3.63) is 23.4 Å². The van der Waals surface area contributed by atoms with Gasteiger partial charge in [0.2, 0.25) is 0 Å². The molecule has 0 N–H and O–H groups in total. The molecule has 0 amide bonds. The van der Waals surface area contributed by atoms with E-state index in [4.69, 9.17) is 0 Å². The topological polar surface area (TPSA) is 12.4 Å². The Bertz CT molecular complexity index is 215. The van der Waals surface area contributed by atoms with Crippen LogP contribution in [0.2, 0.25) is 0 Å². The molecule has 0 spiro atoms. The van der Waals surface area contributed by atoms with Gasteiger partial charge in [-0.15, -0.1) is 0 Å². The van der Waals surface area contributed by atoms with Crippen molar-refractivity contribution < 1.29 is 0 Å². The zero-order chi connectivity index (χ0) is 9.02. The van der Waals surface area contributed by atoms with Gasteiger partial charge in [0, 0.05) is 11.4 Å². The molecule has 0 aliphatic carbocycles. The summed E-state index contributed by atoms with van der Waals surface area (Å²) in [7, 11) is 0. The molecule has 62 valence electrons. The van der Waals surface area contributed by atoms with Gasteiger partial charge in [-0.3, -0.25) is 4.99 Å². The quantitative estimate of drug-likeness (QED) is 0.424. The van der Waals surface area contributed by atoms with Crippen LogP contribution < -0.4 is 0 Å². The number of rotatable bonds is 2. The first-order valence-corrected chi connectivity index (χ1v) is 3.80. The van der Waals surface area contributed by atoms with E-state index in [-0.39, 0.29) is 0 Å². The molecule has 0 aromatic heterocycles. The maximum Gasteiger partial charge on any atom is 0.0403 e. The number of hydrogen-bond donors (Lipinski definition) is 0. The second-order valence-corrected chi connectivity index (χ2v) is 3.05. The first-order chi connectivity index (χ1) is 4.95. The van der Waals surface area contributed by atoms with Crippen LogP contribution in [0.25, 0.3) is 0 Å². The van der Waals surface area contributed by atoms with Gasteiger partial charge in [0.15, 0.2) is 0 Å². The van der Waals surface area contributed by atoms with Gasteiger partial charge in [0.1, 0.15) is 0 Å². The Morgan fingerprint density at radius 3 is 1.73 bits per heavy atom. The maximum absolute atomic E-state index is 4.33. The lowest BCUT2D eigenvalue weighted by Gasteiger charge is -2.02. The lowest BCUT2D eigenvalue weighted by Crippen LogP contribution is -1.86. The molecule has 0 aliphatic heterocycles. The van der Waals surface area contributed by atoms with Gasteiger partial charge in [-0.1, -0.05) is 12.2 Å². The van der Waals surface area contributed by atoms with Crippen molar-refractivity contribution in [3.63, 3.8) is 0 Å². The van der Waals surface area contributed by atoms with Crippen molar-refractivity contribution in [1.29, 1.82) is 0 Å². The number of allylic oxidation sites excluding steroid dienone is 3. The van der Waals surface area contributed by atoms with Crippen molar-refractivity contribution in [2.45, 2.75) is 34.6 Å². The summed E-state index contributed by atoms with van der Waals surface area (Å²) >= 11 is 0. The van der Waals surface area contributed by atoms with Gasteiger partial charge in [-0.25, -0.2) is 0 Å². The van der Waals surface area contributed by atoms with Gasteiger partial charge in [0.05, 0.1) is 0 Å². The van der Waals surface area contributed by atoms with Crippen LogP contribution in [0.4, 0.5) is 0 Å². The largest absolute Gasteiger partial charge is 0.263 e. The Hall–Kier alpha value is -0.850. The van der Waals surface area contributed by atoms with Crippen LogP contribution in [0.5, 0.6) is 0 Å². The van der Waals surface area contributed by atoms with E-state index in [9.17, 15) is 0 Å². The lowest BCUT2D eigenvalue weighted by atomic mass is 10.1. The highest BCUT2D eigenvalue weighted by molar-refractivity contribution is 5.80. The summed E-state index contributed by atoms with van der Waals surface area (Å²) in [4.78, 5) is 4.33. The van der Waals surface area contributed by atoms with E-state index in [1.54, 1.807) is 0 Å². The van der Waals surface area contributed by atoms with Crippen LogP contribution in [-0.4, -0.2) is 5.71 Å². The second-order valence-electron chi connectivity index (χ2n) is 3.05. The first kappa shape index (κ1) is 10.2. The second kappa shape index (κ2) is 4.12. The third-order valence-electron chi connectivity index (χ3n) is 1.57. The molecular formula is C10H17N. The Kier molecular flexibility index (Phi) is 3.80. The number of hydrogen-bond acceptors (Lipinski definition) is 1. The van der Waals surface area contributed by atoms with Crippen molar-refractivity contribution in [3.8, 4) is 0 Å². The van der Waals surface area contributed by atoms with E-state index < -0.39 is 0 Å². The zero-order valence-corrected chi connectivity index (χ0v) is 8.15. The highest BCUT2D eigenvalue weighted by Gasteiger charge is 1.94. The number of aliphatic imine (C=N–C) groups is 1. The van der Waals surface area contributed by atoms with Crippen LogP contribution in [0.15, 0.2) is 28.4 Å². The highest BCUT2D eigenvalue weighted by Crippen LogP contribution is 2.12. The third-order valence-corrected chi connectivity index (χ3v) is 1.57. The predicted molar refractivity (Wildman–Crippen MR) is 52.0 cm³/mol. The minimum atomic E-state index is 1.07. The SMILES string of the molecule is C=C(C)/C(C)=C(\C)N=C(C)C. The van der Waals surface area contributed by atoms with Crippen LogP contribution in [0.3, 0.4) is 0 Å². The molecule has 0 saturated heterocycles. The molecular weight excluding hydrogens is 134 g/mol. The molecule has 11 heavy (non-hydrogen) atoms. The minimum absolute atomic E-state index is 1.07. The van der Waals surface area contributed by atoms with E-state index in [1.165, 1.54) is 5.57 Å². The zero-order valence-electron chi connectivity index (χ0n) is 8.15. The smallest absolute Gasteiger partial charge is 0.0403 e. The van der Waals surface area contributed by atoms with Gasteiger partial charge in [-0.05, 0) is 40.2 Å². The standard InChI is InChI=1S/C10H17N/c1-7(2)9(5)10(6)11-8(3)4/h1H2,2-6H3/b10-9+. The van der Waals surface area contributed by atoms with E-state index in [0.717, 1.165) is 17.0 Å². The minimum Gasteiger partial charge on any atom is -0.263 e. The summed E-state index contributed by atoms with van der Waals surface area (Å²) in [5.41, 5.74) is 4.43. The third kappa shape index (κ3) is 3.76. The van der Waals surface area contributed by atoms with Crippen molar-refractivity contribution in [2.75, 3.05) is 0 Å². The molecule has 0 aromatic rings. The summed E-state index contributed by atoms with van der Waals surface area (Å²) in [6, 6.07) is 0. The Morgan fingerprint density at radius 2 is 1.45 bits per heavy atom. The van der Waals surface area contributed by atoms with Crippen LogP contribution in [0.1, 0.15) is 34.6 Å². The molecule has 0 fully saturated rings. The molecule has 0 aromatic carbocycles. The number of nitrogens with zero attached hydrogens (tertiary/aromatic N) is 1. The predicted octanol–water partition coefficient (Wildman–Crippen LogP) is 3.34. The highest BCUT2D eigenvalue weighted by atomic mass is 14.7. The maximum atomic E-state index is 4.33. The molecule has 1 nitrogen and oxygen atoms in total. The van der Waals surface area contributed by atoms with Crippen LogP contribution in [0, 0.1) is 0 Å². The summed E-state index contributed by atoms with van der Waals surface area (Å²) in [6.07, 6.45) is 0. The molecule has 0 heterocycles. The van der Waals surface area contributed by atoms with Crippen molar-refractivity contribution >= 4 is 5.71 Å². The summed E-state index contributed by atoms with van der Waals surface area (Å²) in [6.45, 7) is 13.9. The summed E-state index contributed by atoms with van der Waals surface area (Å²) in [5, 5.41) is 0. The van der Waals surface area contributed by atoms with E-state index in [2.05, 4.69) is 11.6 Å². The molecule has 0 unspecified atom stereocenters. The molecule has 0 radical (unpaired) electrons. The fraction of sp³-hybridized carbons (Fsp3) is 0.500. The Balaban J connectivity index is 4.68. The van der Waals surface area contributed by atoms with Gasteiger partial charge >= 0.3 is 0 Å². The summed E-state index contributed by atoms with van der Waals surface area (Å²) in [5.74, 6) is 0. The Morgan fingerprint density at radius 1 is 1.00 bits per heavy atom. The summed E-state index contributed by atoms with van der Waals surface area (Å²) < 4.78 is 0. The van der Waals surface area contributed by atoms with Gasteiger partial charge in [0.25, 0.3) is 0 Å². The van der Waals surface area contributed by atoms with Crippen molar-refractivity contribution in [2.24, 2.45) is 4.99 Å². The Labute approximate surface area is 69.5 Å². The molecule has 0 aliphatic rings. The van der Waals surface area contributed by atoms with E-state index in [0.29, 0.717) is 0 Å². The normalized spacial score (nSPS) is 12.1. The van der Waals surface area contributed by atoms with Crippen LogP contribution >= 0.6 is 0 Å². The van der Waals surface area contributed by atoms with E-state index >= 15 is 0 Å². The average Bonchev–Trinajstić information content (AvgIpc) is 1.84. The average molecular weight is 151 g/mol.